The molecule has 3 N–H and O–H groups in total. The van der Waals surface area contributed by atoms with Crippen LogP contribution in [0.2, 0.25) is 0 Å². The molecular formula is C28H32N4O3. The Hall–Kier alpha value is -4.00. The number of carbonyl (C=O) groups excluding carboxylic acids is 2. The quantitative estimate of drug-likeness (QED) is 0.400. The molecule has 1 heterocycles. The molecule has 0 radical (unpaired) electrons. The zero-order chi connectivity index (χ0) is 24.6. The van der Waals surface area contributed by atoms with E-state index in [0.29, 0.717) is 24.4 Å². The Kier molecular flexibility index (Phi) is 7.88. The minimum absolute atomic E-state index is 0.206. The summed E-state index contributed by atoms with van der Waals surface area (Å²) in [6.45, 7) is 6.70. The van der Waals surface area contributed by atoms with E-state index in [1.54, 1.807) is 6.07 Å². The number of ether oxygens (including phenoxy) is 1. The summed E-state index contributed by atoms with van der Waals surface area (Å²) < 4.78 is 5.54. The molecule has 4 rings (SSSR count). The van der Waals surface area contributed by atoms with Crippen molar-refractivity contribution in [3.8, 4) is 5.75 Å². The number of nitrogens with one attached hydrogen (secondary N) is 3. The molecule has 7 nitrogen and oxygen atoms in total. The first-order valence-corrected chi connectivity index (χ1v) is 12.1. The second kappa shape index (κ2) is 11.4. The van der Waals surface area contributed by atoms with E-state index in [2.05, 4.69) is 20.9 Å². The number of benzene rings is 3. The van der Waals surface area contributed by atoms with Gasteiger partial charge in [0.05, 0.1) is 18.0 Å². The lowest BCUT2D eigenvalue weighted by Crippen LogP contribution is -2.26. The number of aryl methyl sites for hydroxylation is 1. The first-order chi connectivity index (χ1) is 17.0. The zero-order valence-electron chi connectivity index (χ0n) is 20.3. The highest BCUT2D eigenvalue weighted by molar-refractivity contribution is 6.04. The third-order valence-electron chi connectivity index (χ3n) is 6.01. The molecule has 3 amide bonds. The van der Waals surface area contributed by atoms with Crippen LogP contribution in [-0.2, 0) is 6.54 Å². The van der Waals surface area contributed by atoms with Crippen molar-refractivity contribution >= 4 is 29.0 Å². The van der Waals surface area contributed by atoms with Crippen molar-refractivity contribution in [3.63, 3.8) is 0 Å². The summed E-state index contributed by atoms with van der Waals surface area (Å²) in [4.78, 5) is 28.0. The highest BCUT2D eigenvalue weighted by atomic mass is 16.5. The standard InChI is InChI=1S/C28H32N4O3/c1-3-35-23-11-8-10-21(17-23)19-29-27(33)22-13-14-26(32-15-6-7-16-32)25(18-22)31-28(34)30-24-12-5-4-9-20(24)2/h4-5,8-14,17-18H,3,6-7,15-16,19H2,1-2H3,(H,29,33)(H2,30,31,34). The molecule has 0 atom stereocenters. The lowest BCUT2D eigenvalue weighted by Gasteiger charge is -2.22. The van der Waals surface area contributed by atoms with E-state index in [9.17, 15) is 9.59 Å². The normalized spacial score (nSPS) is 12.8. The van der Waals surface area contributed by atoms with E-state index >= 15 is 0 Å². The molecule has 0 spiro atoms. The Bertz CT molecular complexity index is 1190. The van der Waals surface area contributed by atoms with Gasteiger partial charge in [-0.1, -0.05) is 30.3 Å². The van der Waals surface area contributed by atoms with E-state index < -0.39 is 0 Å². The van der Waals surface area contributed by atoms with E-state index in [4.69, 9.17) is 4.74 Å². The maximum absolute atomic E-state index is 13.0. The molecule has 1 aliphatic heterocycles. The molecule has 0 bridgehead atoms. The molecular weight excluding hydrogens is 440 g/mol. The molecule has 3 aromatic rings. The van der Waals surface area contributed by atoms with Crippen LogP contribution in [0.1, 0.15) is 41.3 Å². The SMILES string of the molecule is CCOc1cccc(CNC(=O)c2ccc(N3CCCC3)c(NC(=O)Nc3ccccc3C)c2)c1. The highest BCUT2D eigenvalue weighted by Crippen LogP contribution is 2.30. The number of anilines is 3. The molecule has 182 valence electrons. The zero-order valence-corrected chi connectivity index (χ0v) is 20.3. The van der Waals surface area contributed by atoms with Crippen molar-refractivity contribution in [1.82, 2.24) is 5.32 Å². The predicted molar refractivity (Wildman–Crippen MR) is 140 cm³/mol. The Balaban J connectivity index is 1.49. The van der Waals surface area contributed by atoms with Crippen LogP contribution in [-0.4, -0.2) is 31.6 Å². The van der Waals surface area contributed by atoms with Gasteiger partial charge in [0, 0.05) is 30.9 Å². The van der Waals surface area contributed by atoms with Gasteiger partial charge in [0.15, 0.2) is 0 Å². The summed E-state index contributed by atoms with van der Waals surface area (Å²) in [6, 6.07) is 20.4. The summed E-state index contributed by atoms with van der Waals surface area (Å²) in [5.41, 5.74) is 4.70. The monoisotopic (exact) mass is 472 g/mol. The minimum Gasteiger partial charge on any atom is -0.494 e. The Morgan fingerprint density at radius 1 is 0.914 bits per heavy atom. The summed E-state index contributed by atoms with van der Waals surface area (Å²) in [6.07, 6.45) is 2.22. The Labute approximate surface area is 206 Å². The Morgan fingerprint density at radius 2 is 1.69 bits per heavy atom. The number of carbonyl (C=O) groups is 2. The first kappa shape index (κ1) is 24.1. The van der Waals surface area contributed by atoms with Gasteiger partial charge in [-0.2, -0.15) is 0 Å². The van der Waals surface area contributed by atoms with Crippen LogP contribution in [0.5, 0.6) is 5.75 Å². The number of para-hydroxylation sites is 1. The highest BCUT2D eigenvalue weighted by Gasteiger charge is 2.19. The molecule has 0 aliphatic carbocycles. The molecule has 3 aromatic carbocycles. The maximum atomic E-state index is 13.0. The maximum Gasteiger partial charge on any atom is 0.323 e. The molecule has 7 heteroatoms. The summed E-state index contributed by atoms with van der Waals surface area (Å²) in [5, 5.41) is 8.84. The third-order valence-corrected chi connectivity index (χ3v) is 6.01. The van der Waals surface area contributed by atoms with Gasteiger partial charge in [0.25, 0.3) is 5.91 Å². The van der Waals surface area contributed by atoms with E-state index in [1.165, 1.54) is 0 Å². The van der Waals surface area contributed by atoms with Crippen molar-refractivity contribution < 1.29 is 14.3 Å². The second-order valence-electron chi connectivity index (χ2n) is 8.58. The minimum atomic E-state index is -0.343. The average molecular weight is 473 g/mol. The van der Waals surface area contributed by atoms with E-state index in [-0.39, 0.29) is 11.9 Å². The molecule has 1 saturated heterocycles. The van der Waals surface area contributed by atoms with Crippen LogP contribution < -0.4 is 25.6 Å². The van der Waals surface area contributed by atoms with Gasteiger partial charge in [0.2, 0.25) is 0 Å². The van der Waals surface area contributed by atoms with Crippen LogP contribution in [0, 0.1) is 6.92 Å². The predicted octanol–water partition coefficient (Wildman–Crippen LogP) is 5.57. The van der Waals surface area contributed by atoms with Crippen molar-refractivity contribution in [2.24, 2.45) is 0 Å². The van der Waals surface area contributed by atoms with Gasteiger partial charge in [-0.25, -0.2) is 4.79 Å². The van der Waals surface area contributed by atoms with Gasteiger partial charge in [-0.15, -0.1) is 0 Å². The number of amides is 3. The van der Waals surface area contributed by atoms with Gasteiger partial charge in [-0.3, -0.25) is 4.79 Å². The summed E-state index contributed by atoms with van der Waals surface area (Å²) in [5.74, 6) is 0.572. The lowest BCUT2D eigenvalue weighted by molar-refractivity contribution is 0.0951. The van der Waals surface area contributed by atoms with Crippen LogP contribution in [0.4, 0.5) is 21.9 Å². The largest absolute Gasteiger partial charge is 0.494 e. The molecule has 0 unspecified atom stereocenters. The fraction of sp³-hybridized carbons (Fsp3) is 0.286. The van der Waals surface area contributed by atoms with Gasteiger partial charge in [0.1, 0.15) is 5.75 Å². The number of hydrogen-bond donors (Lipinski definition) is 3. The first-order valence-electron chi connectivity index (χ1n) is 12.1. The molecule has 0 aromatic heterocycles. The Morgan fingerprint density at radius 3 is 2.46 bits per heavy atom. The van der Waals surface area contributed by atoms with Crippen LogP contribution >= 0.6 is 0 Å². The van der Waals surface area contributed by atoms with Gasteiger partial charge < -0.3 is 25.6 Å². The van der Waals surface area contributed by atoms with Gasteiger partial charge in [-0.05, 0) is 74.2 Å². The number of hydrogen-bond acceptors (Lipinski definition) is 4. The fourth-order valence-corrected chi connectivity index (χ4v) is 4.20. The van der Waals surface area contributed by atoms with Crippen LogP contribution in [0.15, 0.2) is 66.7 Å². The van der Waals surface area contributed by atoms with Gasteiger partial charge >= 0.3 is 6.03 Å². The average Bonchev–Trinajstić information content (AvgIpc) is 3.39. The third kappa shape index (κ3) is 6.32. The van der Waals surface area contributed by atoms with Crippen molar-refractivity contribution in [3.05, 3.63) is 83.4 Å². The van der Waals surface area contributed by atoms with Crippen molar-refractivity contribution in [2.45, 2.75) is 33.2 Å². The fourth-order valence-electron chi connectivity index (χ4n) is 4.20. The number of nitrogens with zero attached hydrogens (tertiary/aromatic N) is 1. The summed E-state index contributed by atoms with van der Waals surface area (Å²) in [7, 11) is 0. The summed E-state index contributed by atoms with van der Waals surface area (Å²) >= 11 is 0. The van der Waals surface area contributed by atoms with E-state index in [0.717, 1.165) is 54.2 Å². The molecule has 35 heavy (non-hydrogen) atoms. The van der Waals surface area contributed by atoms with Crippen molar-refractivity contribution in [1.29, 1.82) is 0 Å². The lowest BCUT2D eigenvalue weighted by atomic mass is 10.1. The number of urea groups is 1. The topological polar surface area (TPSA) is 82.7 Å². The second-order valence-corrected chi connectivity index (χ2v) is 8.58. The number of rotatable bonds is 8. The van der Waals surface area contributed by atoms with Crippen molar-refractivity contribution in [2.75, 3.05) is 35.2 Å². The van der Waals surface area contributed by atoms with Crippen LogP contribution in [0.3, 0.4) is 0 Å². The molecule has 1 aliphatic rings. The smallest absolute Gasteiger partial charge is 0.323 e. The van der Waals surface area contributed by atoms with E-state index in [1.807, 2.05) is 74.5 Å². The molecule has 1 fully saturated rings. The van der Waals surface area contributed by atoms with Crippen LogP contribution in [0.25, 0.3) is 0 Å². The molecule has 0 saturated carbocycles.